The second kappa shape index (κ2) is 15.1. The first-order chi connectivity index (χ1) is 28.3. The monoisotopic (exact) mass is 745 g/mol. The van der Waals surface area contributed by atoms with Crippen LogP contribution in [0.4, 0.5) is 0 Å². The third kappa shape index (κ3) is 6.73. The SMILES string of the molecule is c1ccc(-c2nc(-c3ccc(-c4cc(-c5ccccc5)c(-c5ccccc5)c(-c5ccccc5)c4-c4ccccc4)cc3)nc(-c3cc4ccccc4s3)n2)cc1. The van der Waals surface area contributed by atoms with Crippen molar-refractivity contribution in [2.75, 3.05) is 0 Å². The molecule has 0 fully saturated rings. The van der Waals surface area contributed by atoms with E-state index in [4.69, 9.17) is 15.0 Å². The smallest absolute Gasteiger partial charge is 0.174 e. The number of hydrogen-bond acceptors (Lipinski definition) is 4. The fourth-order valence-corrected chi connectivity index (χ4v) is 8.68. The largest absolute Gasteiger partial charge is 0.208 e. The molecular formula is C53H35N3S. The van der Waals surface area contributed by atoms with Crippen LogP contribution in [0.5, 0.6) is 0 Å². The van der Waals surface area contributed by atoms with E-state index in [0.29, 0.717) is 17.5 Å². The fourth-order valence-electron chi connectivity index (χ4n) is 7.68. The van der Waals surface area contributed by atoms with Gasteiger partial charge in [0.2, 0.25) is 0 Å². The van der Waals surface area contributed by atoms with Crippen molar-refractivity contribution in [3.05, 3.63) is 212 Å². The Morgan fingerprint density at radius 2 is 0.649 bits per heavy atom. The van der Waals surface area contributed by atoms with Crippen LogP contribution in [0.1, 0.15) is 0 Å². The molecule has 2 heterocycles. The Labute approximate surface area is 336 Å². The molecule has 8 aromatic carbocycles. The Morgan fingerprint density at radius 1 is 0.281 bits per heavy atom. The van der Waals surface area contributed by atoms with Crippen LogP contribution in [0.3, 0.4) is 0 Å². The molecule has 10 aromatic rings. The lowest BCUT2D eigenvalue weighted by Gasteiger charge is -2.24. The van der Waals surface area contributed by atoms with Gasteiger partial charge in [-0.15, -0.1) is 11.3 Å². The number of hydrogen-bond donors (Lipinski definition) is 0. The summed E-state index contributed by atoms with van der Waals surface area (Å²) in [6, 6.07) is 75.0. The molecular weight excluding hydrogens is 711 g/mol. The summed E-state index contributed by atoms with van der Waals surface area (Å²) in [7, 11) is 0. The number of rotatable bonds is 8. The second-order valence-electron chi connectivity index (χ2n) is 14.0. The molecule has 268 valence electrons. The lowest BCUT2D eigenvalue weighted by atomic mass is 9.79. The fraction of sp³-hybridized carbons (Fsp3) is 0. The molecule has 57 heavy (non-hydrogen) atoms. The van der Waals surface area contributed by atoms with Crippen molar-refractivity contribution in [3.63, 3.8) is 0 Å². The zero-order valence-corrected chi connectivity index (χ0v) is 31.8. The van der Waals surface area contributed by atoms with E-state index in [1.807, 2.05) is 18.2 Å². The second-order valence-corrected chi connectivity index (χ2v) is 15.0. The molecule has 0 N–H and O–H groups in total. The summed E-state index contributed by atoms with van der Waals surface area (Å²) in [5, 5.41) is 1.18. The van der Waals surface area contributed by atoms with Gasteiger partial charge >= 0.3 is 0 Å². The normalized spacial score (nSPS) is 11.2. The maximum Gasteiger partial charge on any atom is 0.174 e. The van der Waals surface area contributed by atoms with Gasteiger partial charge in [0.15, 0.2) is 17.5 Å². The summed E-state index contributed by atoms with van der Waals surface area (Å²) in [4.78, 5) is 16.2. The highest BCUT2D eigenvalue weighted by Crippen LogP contribution is 2.50. The molecule has 0 saturated carbocycles. The number of aromatic nitrogens is 3. The Balaban J connectivity index is 1.19. The molecule has 0 amide bonds. The number of nitrogens with zero attached hydrogens (tertiary/aromatic N) is 3. The third-order valence-corrected chi connectivity index (χ3v) is 11.5. The average molecular weight is 746 g/mol. The quantitative estimate of drug-likeness (QED) is 0.155. The standard InChI is InChI=1S/C53H35N3S/c1-6-18-36(19-7-1)44-35-45(49(39-22-10-3-11-23-39)50(40-24-12-4-13-25-40)48(44)38-20-8-2-9-21-38)37-30-32-42(33-31-37)52-54-51(41-26-14-5-15-27-41)55-53(56-52)47-34-43-28-16-17-29-46(43)57-47/h1-35H. The zero-order valence-electron chi connectivity index (χ0n) is 31.0. The lowest BCUT2D eigenvalue weighted by molar-refractivity contribution is 1.08. The van der Waals surface area contributed by atoms with Crippen molar-refractivity contribution in [3.8, 4) is 89.1 Å². The zero-order chi connectivity index (χ0) is 38.0. The van der Waals surface area contributed by atoms with Gasteiger partial charge in [0, 0.05) is 15.8 Å². The predicted molar refractivity (Wildman–Crippen MR) is 239 cm³/mol. The van der Waals surface area contributed by atoms with E-state index in [0.717, 1.165) is 32.7 Å². The number of thiophene rings is 1. The molecule has 3 nitrogen and oxygen atoms in total. The molecule has 0 radical (unpaired) electrons. The van der Waals surface area contributed by atoms with Crippen LogP contribution in [-0.2, 0) is 0 Å². The van der Waals surface area contributed by atoms with Gasteiger partial charge in [-0.1, -0.05) is 194 Å². The molecule has 0 aliphatic rings. The Bertz CT molecular complexity index is 2930. The van der Waals surface area contributed by atoms with Gasteiger partial charge in [-0.05, 0) is 79.2 Å². The van der Waals surface area contributed by atoms with Crippen molar-refractivity contribution >= 4 is 21.4 Å². The third-order valence-electron chi connectivity index (χ3n) is 10.4. The predicted octanol–water partition coefficient (Wildman–Crippen LogP) is 14.4. The summed E-state index contributed by atoms with van der Waals surface area (Å²) in [5.41, 5.74) is 13.6. The van der Waals surface area contributed by atoms with Crippen LogP contribution in [0.25, 0.3) is 99.2 Å². The van der Waals surface area contributed by atoms with Crippen molar-refractivity contribution < 1.29 is 0 Å². The molecule has 2 aromatic heterocycles. The molecule has 0 aliphatic carbocycles. The minimum atomic E-state index is 0.639. The summed E-state index contributed by atoms with van der Waals surface area (Å²) in [6.45, 7) is 0. The molecule has 0 aliphatic heterocycles. The first-order valence-electron chi connectivity index (χ1n) is 19.1. The minimum Gasteiger partial charge on any atom is -0.208 e. The van der Waals surface area contributed by atoms with E-state index in [-0.39, 0.29) is 0 Å². The van der Waals surface area contributed by atoms with Crippen molar-refractivity contribution in [1.29, 1.82) is 0 Å². The van der Waals surface area contributed by atoms with Crippen LogP contribution in [0.2, 0.25) is 0 Å². The van der Waals surface area contributed by atoms with E-state index >= 15 is 0 Å². The first-order valence-corrected chi connectivity index (χ1v) is 19.9. The van der Waals surface area contributed by atoms with E-state index < -0.39 is 0 Å². The van der Waals surface area contributed by atoms with Gasteiger partial charge < -0.3 is 0 Å². The summed E-state index contributed by atoms with van der Waals surface area (Å²) >= 11 is 1.70. The highest BCUT2D eigenvalue weighted by molar-refractivity contribution is 7.22. The summed E-state index contributed by atoms with van der Waals surface area (Å²) < 4.78 is 1.21. The minimum absolute atomic E-state index is 0.639. The van der Waals surface area contributed by atoms with Crippen LogP contribution >= 0.6 is 11.3 Å². The van der Waals surface area contributed by atoms with Crippen LogP contribution < -0.4 is 0 Å². The van der Waals surface area contributed by atoms with Gasteiger partial charge in [-0.3, -0.25) is 0 Å². The molecule has 0 atom stereocenters. The van der Waals surface area contributed by atoms with Crippen LogP contribution in [0.15, 0.2) is 212 Å². The van der Waals surface area contributed by atoms with E-state index in [2.05, 4.69) is 194 Å². The van der Waals surface area contributed by atoms with Crippen molar-refractivity contribution in [2.24, 2.45) is 0 Å². The first kappa shape index (κ1) is 34.2. The highest BCUT2D eigenvalue weighted by Gasteiger charge is 2.24. The van der Waals surface area contributed by atoms with E-state index in [1.54, 1.807) is 11.3 Å². The number of fused-ring (bicyclic) bond motifs is 1. The lowest BCUT2D eigenvalue weighted by Crippen LogP contribution is -2.00. The molecule has 4 heteroatoms. The molecule has 0 spiro atoms. The van der Waals surface area contributed by atoms with E-state index in [9.17, 15) is 0 Å². The summed E-state index contributed by atoms with van der Waals surface area (Å²) in [5.74, 6) is 1.97. The molecule has 10 rings (SSSR count). The molecule has 0 bridgehead atoms. The van der Waals surface area contributed by atoms with E-state index in [1.165, 1.54) is 49.0 Å². The van der Waals surface area contributed by atoms with Gasteiger partial charge in [-0.2, -0.15) is 0 Å². The van der Waals surface area contributed by atoms with Gasteiger partial charge in [0.05, 0.1) is 4.88 Å². The van der Waals surface area contributed by atoms with Gasteiger partial charge in [-0.25, -0.2) is 15.0 Å². The molecule has 0 unspecified atom stereocenters. The Kier molecular flexibility index (Phi) is 9.07. The van der Waals surface area contributed by atoms with Crippen LogP contribution in [0, 0.1) is 0 Å². The van der Waals surface area contributed by atoms with Gasteiger partial charge in [0.25, 0.3) is 0 Å². The Morgan fingerprint density at radius 3 is 1.16 bits per heavy atom. The number of benzene rings is 8. The Hall–Kier alpha value is -7.27. The van der Waals surface area contributed by atoms with Crippen LogP contribution in [-0.4, -0.2) is 15.0 Å². The van der Waals surface area contributed by atoms with Crippen molar-refractivity contribution in [2.45, 2.75) is 0 Å². The summed E-state index contributed by atoms with van der Waals surface area (Å²) in [6.07, 6.45) is 0. The maximum atomic E-state index is 5.10. The topological polar surface area (TPSA) is 38.7 Å². The molecule has 0 saturated heterocycles. The van der Waals surface area contributed by atoms with Gasteiger partial charge in [0.1, 0.15) is 0 Å². The average Bonchev–Trinajstić information content (AvgIpc) is 3.75. The highest BCUT2D eigenvalue weighted by atomic mass is 32.1. The maximum absolute atomic E-state index is 5.10. The van der Waals surface area contributed by atoms with Crippen molar-refractivity contribution in [1.82, 2.24) is 15.0 Å².